The van der Waals surface area contributed by atoms with E-state index in [0.717, 1.165) is 0 Å². The Balaban J connectivity index is 2.28. The summed E-state index contributed by atoms with van der Waals surface area (Å²) in [7, 11) is 0. The van der Waals surface area contributed by atoms with Crippen molar-refractivity contribution < 1.29 is 24.3 Å². The molecule has 7 heteroatoms. The van der Waals surface area contributed by atoms with Gasteiger partial charge in [0, 0.05) is 17.8 Å². The number of ether oxygens (including phenoxy) is 2. The molecule has 0 amide bonds. The smallest absolute Gasteiger partial charge is 0.431 e. The fourth-order valence-corrected chi connectivity index (χ4v) is 1.79. The van der Waals surface area contributed by atoms with Crippen molar-refractivity contribution in [1.82, 2.24) is 0 Å². The SMILES string of the molecule is CC(O)C(C)OC(=O)OC1CCC([N+](=O)[O-])CC1. The van der Waals surface area contributed by atoms with Crippen LogP contribution in [0.15, 0.2) is 0 Å². The molecule has 0 heterocycles. The molecule has 18 heavy (non-hydrogen) atoms. The first kappa shape index (κ1) is 14.7. The highest BCUT2D eigenvalue weighted by Gasteiger charge is 2.31. The zero-order valence-corrected chi connectivity index (χ0v) is 10.6. The quantitative estimate of drug-likeness (QED) is 0.467. The van der Waals surface area contributed by atoms with Gasteiger partial charge in [-0.2, -0.15) is 0 Å². The van der Waals surface area contributed by atoms with Crippen LogP contribution in [0.3, 0.4) is 0 Å². The molecule has 1 fully saturated rings. The van der Waals surface area contributed by atoms with Crippen LogP contribution < -0.4 is 0 Å². The van der Waals surface area contributed by atoms with Crippen LogP contribution in [-0.2, 0) is 9.47 Å². The molecule has 1 aliphatic carbocycles. The monoisotopic (exact) mass is 261 g/mol. The number of nitro groups is 1. The molecule has 1 rings (SSSR count). The first-order valence-electron chi connectivity index (χ1n) is 6.09. The van der Waals surface area contributed by atoms with Gasteiger partial charge in [0.1, 0.15) is 12.2 Å². The molecule has 0 aliphatic heterocycles. The van der Waals surface area contributed by atoms with Gasteiger partial charge < -0.3 is 14.6 Å². The van der Waals surface area contributed by atoms with Crippen molar-refractivity contribution in [3.8, 4) is 0 Å². The molecule has 7 nitrogen and oxygen atoms in total. The number of hydrogen-bond acceptors (Lipinski definition) is 6. The fourth-order valence-electron chi connectivity index (χ4n) is 1.79. The zero-order valence-electron chi connectivity index (χ0n) is 10.6. The van der Waals surface area contributed by atoms with E-state index in [4.69, 9.17) is 14.6 Å². The molecule has 0 spiro atoms. The highest BCUT2D eigenvalue weighted by atomic mass is 16.7. The van der Waals surface area contributed by atoms with E-state index in [9.17, 15) is 14.9 Å². The van der Waals surface area contributed by atoms with Crippen molar-refractivity contribution in [1.29, 1.82) is 0 Å². The zero-order chi connectivity index (χ0) is 13.7. The average Bonchev–Trinajstić information content (AvgIpc) is 2.29. The lowest BCUT2D eigenvalue weighted by Crippen LogP contribution is -2.33. The predicted octanol–water partition coefficient (Wildman–Crippen LogP) is 1.50. The van der Waals surface area contributed by atoms with Crippen LogP contribution in [0.1, 0.15) is 39.5 Å². The molecule has 104 valence electrons. The maximum Gasteiger partial charge on any atom is 0.508 e. The standard InChI is InChI=1S/C11H19NO6/c1-7(13)8(2)17-11(14)18-10-5-3-9(4-6-10)12(15)16/h7-10,13H,3-6H2,1-2H3. The summed E-state index contributed by atoms with van der Waals surface area (Å²) in [6, 6.07) is -0.530. The summed E-state index contributed by atoms with van der Waals surface area (Å²) in [5.74, 6) is 0. The van der Waals surface area contributed by atoms with Crippen molar-refractivity contribution in [2.24, 2.45) is 0 Å². The van der Waals surface area contributed by atoms with E-state index in [2.05, 4.69) is 0 Å². The van der Waals surface area contributed by atoms with Crippen molar-refractivity contribution >= 4 is 6.16 Å². The Morgan fingerprint density at radius 1 is 1.33 bits per heavy atom. The second kappa shape index (κ2) is 6.53. The molecule has 1 N–H and O–H groups in total. The molecule has 0 aromatic heterocycles. The molecular formula is C11H19NO6. The largest absolute Gasteiger partial charge is 0.508 e. The van der Waals surface area contributed by atoms with Crippen molar-refractivity contribution in [2.75, 3.05) is 0 Å². The number of nitrogens with zero attached hydrogens (tertiary/aromatic N) is 1. The van der Waals surface area contributed by atoms with Crippen molar-refractivity contribution in [2.45, 2.75) is 63.9 Å². The van der Waals surface area contributed by atoms with Crippen LogP contribution in [0.5, 0.6) is 0 Å². The summed E-state index contributed by atoms with van der Waals surface area (Å²) in [4.78, 5) is 21.6. The Hall–Kier alpha value is -1.37. The number of aliphatic hydroxyl groups excluding tert-OH is 1. The molecule has 0 bridgehead atoms. The van der Waals surface area contributed by atoms with Crippen molar-refractivity contribution in [3.05, 3.63) is 10.1 Å². The second-order valence-corrected chi connectivity index (χ2v) is 4.65. The fraction of sp³-hybridized carbons (Fsp3) is 0.909. The number of hydrogen-bond donors (Lipinski definition) is 1. The van der Waals surface area contributed by atoms with Crippen molar-refractivity contribution in [3.63, 3.8) is 0 Å². The van der Waals surface area contributed by atoms with Crippen LogP contribution in [0.2, 0.25) is 0 Å². The molecule has 0 saturated heterocycles. The topological polar surface area (TPSA) is 98.9 Å². The summed E-state index contributed by atoms with van der Waals surface area (Å²) in [5, 5.41) is 19.7. The average molecular weight is 261 g/mol. The van der Waals surface area contributed by atoms with Gasteiger partial charge in [-0.15, -0.1) is 0 Å². The minimum atomic E-state index is -0.826. The number of carbonyl (C=O) groups excluding carboxylic acids is 1. The number of carbonyl (C=O) groups is 1. The minimum Gasteiger partial charge on any atom is -0.431 e. The third-order valence-electron chi connectivity index (χ3n) is 3.17. The van der Waals surface area contributed by atoms with Crippen LogP contribution in [0, 0.1) is 10.1 Å². The first-order valence-corrected chi connectivity index (χ1v) is 6.09. The van der Waals surface area contributed by atoms with Gasteiger partial charge in [-0.25, -0.2) is 4.79 Å². The summed E-state index contributed by atoms with van der Waals surface area (Å²) in [5.41, 5.74) is 0. The molecule has 1 aliphatic rings. The van der Waals surface area contributed by atoms with E-state index in [-0.39, 0.29) is 11.0 Å². The summed E-state index contributed by atoms with van der Waals surface area (Å²) in [6.07, 6.45) is -0.764. The highest BCUT2D eigenvalue weighted by Crippen LogP contribution is 2.23. The van der Waals surface area contributed by atoms with Gasteiger partial charge in [0.05, 0.1) is 6.10 Å². The molecule has 0 aromatic carbocycles. The number of aliphatic hydroxyl groups is 1. The van der Waals surface area contributed by atoms with Crippen LogP contribution in [0.4, 0.5) is 4.79 Å². The van der Waals surface area contributed by atoms with E-state index < -0.39 is 24.4 Å². The van der Waals surface area contributed by atoms with Gasteiger partial charge in [0.2, 0.25) is 6.04 Å². The van der Waals surface area contributed by atoms with E-state index >= 15 is 0 Å². The Morgan fingerprint density at radius 3 is 2.33 bits per heavy atom. The lowest BCUT2D eigenvalue weighted by atomic mass is 9.93. The molecule has 2 atom stereocenters. The Labute approximate surface area is 105 Å². The lowest BCUT2D eigenvalue weighted by molar-refractivity contribution is -0.527. The molecule has 1 saturated carbocycles. The Kier molecular flexibility index (Phi) is 5.33. The first-order chi connectivity index (χ1) is 8.40. The molecular weight excluding hydrogens is 242 g/mol. The third-order valence-corrected chi connectivity index (χ3v) is 3.17. The molecule has 0 radical (unpaired) electrons. The van der Waals surface area contributed by atoms with Gasteiger partial charge >= 0.3 is 6.16 Å². The maximum absolute atomic E-state index is 11.4. The molecule has 0 aromatic rings. The lowest BCUT2D eigenvalue weighted by Gasteiger charge is -2.24. The summed E-state index contributed by atoms with van der Waals surface area (Å²) < 4.78 is 9.89. The van der Waals surface area contributed by atoms with Gasteiger partial charge in [-0.1, -0.05) is 0 Å². The van der Waals surface area contributed by atoms with Crippen LogP contribution in [-0.4, -0.2) is 40.5 Å². The minimum absolute atomic E-state index is 0.288. The summed E-state index contributed by atoms with van der Waals surface area (Å²) >= 11 is 0. The second-order valence-electron chi connectivity index (χ2n) is 4.65. The molecule has 2 unspecified atom stereocenters. The maximum atomic E-state index is 11.4. The van der Waals surface area contributed by atoms with E-state index in [1.165, 1.54) is 6.92 Å². The Bertz CT molecular complexity index is 298. The van der Waals surface area contributed by atoms with E-state index in [1.807, 2.05) is 0 Å². The van der Waals surface area contributed by atoms with Gasteiger partial charge in [-0.05, 0) is 26.7 Å². The predicted molar refractivity (Wildman–Crippen MR) is 61.7 cm³/mol. The third kappa shape index (κ3) is 4.48. The van der Waals surface area contributed by atoms with Gasteiger partial charge in [-0.3, -0.25) is 10.1 Å². The van der Waals surface area contributed by atoms with Crippen LogP contribution >= 0.6 is 0 Å². The van der Waals surface area contributed by atoms with Gasteiger partial charge in [0.15, 0.2) is 0 Å². The summed E-state index contributed by atoms with van der Waals surface area (Å²) in [6.45, 7) is 3.08. The number of rotatable bonds is 4. The van der Waals surface area contributed by atoms with E-state index in [1.54, 1.807) is 6.92 Å². The normalized spacial score (nSPS) is 27.1. The van der Waals surface area contributed by atoms with E-state index in [0.29, 0.717) is 25.7 Å². The van der Waals surface area contributed by atoms with Gasteiger partial charge in [0.25, 0.3) is 0 Å². The highest BCUT2D eigenvalue weighted by molar-refractivity contribution is 5.60. The Morgan fingerprint density at radius 2 is 1.89 bits per heavy atom. The van der Waals surface area contributed by atoms with Crippen LogP contribution in [0.25, 0.3) is 0 Å².